The Morgan fingerprint density at radius 2 is 0.921 bits per heavy atom. The van der Waals surface area contributed by atoms with E-state index >= 15 is 0 Å². The Hall–Kier alpha value is -8.92. The predicted molar refractivity (Wildman–Crippen MR) is 341 cm³/mol. The highest BCUT2D eigenvalue weighted by Gasteiger charge is 2.53. The van der Waals surface area contributed by atoms with Gasteiger partial charge in [-0.3, -0.25) is 71.9 Å². The molecule has 2 rings (SSSR count). The van der Waals surface area contributed by atoms with Gasteiger partial charge in [-0.2, -0.15) is 0 Å². The van der Waals surface area contributed by atoms with Crippen LogP contribution >= 0.6 is 0 Å². The third-order valence-electron chi connectivity index (χ3n) is 15.6. The Morgan fingerprint density at radius 1 is 0.465 bits per heavy atom. The highest BCUT2D eigenvalue weighted by molar-refractivity contribution is 5.96. The van der Waals surface area contributed by atoms with E-state index < -0.39 is 262 Å². The molecule has 101 heavy (non-hydrogen) atoms. The standard InChI is InChI=1S/C58H98N16O27/c1-23(59)50(88)72-30(47(61)85)13-15-37(79)70-32(11-7-9-17-64-39(81)19-29(60)55(93)94)54(92)67-25(3)52(90)74-34(49(63)87)20-40(82)65-18-10-8-12-33(56(95)96)71-38(80)16-14-31(48(62)86)73-51(89)24(2)66-53(91)26(4)98-46-42(69-28(6)78)57(97)99-36(22-76)45(46)101-58-41(68-27(5)77)44(84)43(83)35(21-75)100-58/h23-26,29-36,41-46,57-58,75-76,83-84,97H,7-22,59-60H2,1-6H3,(H2,61,85)(H2,62,86)(H2,63,87)(H,64,81)(H,65,82)(H,66,91)(H,67,92)(H,68,77)(H,69,78)(H,70,79)(H,71,80)(H,72,88)(H,73,89)(H,74,90)(H,93,94)(H,95,96). The molecule has 0 spiro atoms. The second-order valence-electron chi connectivity index (χ2n) is 24.1. The summed E-state index contributed by atoms with van der Waals surface area (Å²) in [5.74, 6) is -15.6. The number of aliphatic hydroxyl groups is 5. The summed E-state index contributed by atoms with van der Waals surface area (Å²) in [6.07, 6.45) is -18.1. The third kappa shape index (κ3) is 30.8. The van der Waals surface area contributed by atoms with Gasteiger partial charge in [-0.1, -0.05) is 0 Å². The summed E-state index contributed by atoms with van der Waals surface area (Å²) in [5, 5.41) is 97.3. The van der Waals surface area contributed by atoms with Crippen molar-refractivity contribution >= 4 is 94.6 Å². The lowest BCUT2D eigenvalue weighted by molar-refractivity contribution is -0.333. The van der Waals surface area contributed by atoms with Gasteiger partial charge in [0.2, 0.25) is 82.7 Å². The van der Waals surface area contributed by atoms with Gasteiger partial charge in [0.15, 0.2) is 12.6 Å². The van der Waals surface area contributed by atoms with Gasteiger partial charge in [0, 0.05) is 39.8 Å². The molecule has 2 aliphatic rings. The summed E-state index contributed by atoms with van der Waals surface area (Å²) in [5.41, 5.74) is 27.3. The number of hydrogen-bond acceptors (Lipinski definition) is 27. The summed E-state index contributed by atoms with van der Waals surface area (Å²) < 4.78 is 23.2. The quantitative estimate of drug-likeness (QED) is 0.0252. The minimum atomic E-state index is -1.93. The number of amides is 14. The lowest BCUT2D eigenvalue weighted by atomic mass is 9.94. The molecule has 0 aromatic rings. The summed E-state index contributed by atoms with van der Waals surface area (Å²) in [6, 6.07) is -16.0. The molecule has 572 valence electrons. The summed E-state index contributed by atoms with van der Waals surface area (Å²) in [4.78, 5) is 202. The van der Waals surface area contributed by atoms with Crippen LogP contribution in [0, 0.1) is 0 Å². The number of unbranched alkanes of at least 4 members (excludes halogenated alkanes) is 2. The van der Waals surface area contributed by atoms with Gasteiger partial charge in [-0.05, 0) is 79.1 Å². The first-order valence-corrected chi connectivity index (χ1v) is 32.1. The second kappa shape index (κ2) is 43.7. The number of aliphatic carboxylic acids is 2. The van der Waals surface area contributed by atoms with Crippen LogP contribution in [0.1, 0.15) is 119 Å². The first kappa shape index (κ1) is 88.2. The van der Waals surface area contributed by atoms with Crippen molar-refractivity contribution in [2.24, 2.45) is 28.7 Å². The molecule has 28 N–H and O–H groups in total. The normalized spacial score (nSPS) is 23.2. The molecule has 20 unspecified atom stereocenters. The van der Waals surface area contributed by atoms with Crippen LogP contribution in [0.4, 0.5) is 0 Å². The summed E-state index contributed by atoms with van der Waals surface area (Å²) in [6.45, 7) is 5.12. The van der Waals surface area contributed by atoms with E-state index in [2.05, 4.69) is 58.5 Å². The van der Waals surface area contributed by atoms with Crippen LogP contribution in [0.3, 0.4) is 0 Å². The van der Waals surface area contributed by atoms with Gasteiger partial charge in [0.05, 0.1) is 32.1 Å². The second-order valence-corrected chi connectivity index (χ2v) is 24.1. The number of nitrogens with two attached hydrogens (primary N) is 5. The molecule has 43 nitrogen and oxygen atoms in total. The van der Waals surface area contributed by atoms with Crippen LogP contribution in [0.5, 0.6) is 0 Å². The molecule has 20 atom stereocenters. The van der Waals surface area contributed by atoms with E-state index in [-0.39, 0.29) is 58.0 Å². The van der Waals surface area contributed by atoms with Crippen molar-refractivity contribution in [3.8, 4) is 0 Å². The minimum absolute atomic E-state index is 0.00645. The molecule has 0 aromatic carbocycles. The van der Waals surface area contributed by atoms with E-state index in [4.69, 9.17) is 52.7 Å². The van der Waals surface area contributed by atoms with Gasteiger partial charge in [-0.15, -0.1) is 0 Å². The van der Waals surface area contributed by atoms with Gasteiger partial charge in [0.1, 0.15) is 103 Å². The van der Waals surface area contributed by atoms with E-state index in [1.54, 1.807) is 0 Å². The first-order valence-electron chi connectivity index (χ1n) is 32.1. The summed E-state index contributed by atoms with van der Waals surface area (Å²) in [7, 11) is 0. The Morgan fingerprint density at radius 3 is 1.39 bits per heavy atom. The maximum absolute atomic E-state index is 13.6. The molecule has 2 saturated heterocycles. The number of nitrogens with one attached hydrogen (secondary N) is 11. The van der Waals surface area contributed by atoms with Crippen molar-refractivity contribution in [2.75, 3.05) is 26.3 Å². The third-order valence-corrected chi connectivity index (χ3v) is 15.6. The smallest absolute Gasteiger partial charge is 0.326 e. The molecule has 2 heterocycles. The number of primary amides is 3. The fourth-order valence-electron chi connectivity index (χ4n) is 9.92. The van der Waals surface area contributed by atoms with E-state index in [0.29, 0.717) is 0 Å². The number of carboxylic acid groups (broad SMARTS) is 2. The maximum atomic E-state index is 13.6. The van der Waals surface area contributed by atoms with Crippen molar-refractivity contribution < 1.29 is 131 Å². The molecular formula is C58H98N16O27. The number of carbonyl (C=O) groups excluding carboxylic acids is 14. The zero-order chi connectivity index (χ0) is 76.7. The Balaban J connectivity index is 2.01. The molecule has 2 fully saturated rings. The Kier molecular flexibility index (Phi) is 38.1. The van der Waals surface area contributed by atoms with Crippen LogP contribution in [-0.2, 0) is 95.7 Å². The number of carbonyl (C=O) groups is 16. The van der Waals surface area contributed by atoms with Crippen molar-refractivity contribution in [3.63, 3.8) is 0 Å². The molecule has 43 heteroatoms. The molecule has 0 aliphatic carbocycles. The van der Waals surface area contributed by atoms with Crippen LogP contribution in [0.2, 0.25) is 0 Å². The zero-order valence-electron chi connectivity index (χ0n) is 56.5. The van der Waals surface area contributed by atoms with E-state index in [9.17, 15) is 107 Å². The number of rotatable bonds is 45. The molecule has 2 aliphatic heterocycles. The molecule has 14 amide bonds. The van der Waals surface area contributed by atoms with E-state index in [1.165, 1.54) is 27.7 Å². The van der Waals surface area contributed by atoms with Crippen molar-refractivity contribution in [1.29, 1.82) is 0 Å². The zero-order valence-corrected chi connectivity index (χ0v) is 56.5. The largest absolute Gasteiger partial charge is 0.480 e. The number of carboxylic acids is 2. The lowest BCUT2D eigenvalue weighted by Gasteiger charge is -2.48. The lowest BCUT2D eigenvalue weighted by Crippen LogP contribution is -2.70. The van der Waals surface area contributed by atoms with Gasteiger partial charge < -0.3 is 142 Å². The Labute approximate surface area is 578 Å². The van der Waals surface area contributed by atoms with Crippen molar-refractivity contribution in [2.45, 2.75) is 240 Å². The van der Waals surface area contributed by atoms with E-state index in [0.717, 1.165) is 13.8 Å². The van der Waals surface area contributed by atoms with Gasteiger partial charge in [0.25, 0.3) is 0 Å². The van der Waals surface area contributed by atoms with E-state index in [1.807, 2.05) is 0 Å². The molecule has 0 bridgehead atoms. The fourth-order valence-corrected chi connectivity index (χ4v) is 9.92. The van der Waals surface area contributed by atoms with Crippen LogP contribution in [0.25, 0.3) is 0 Å². The molecule has 0 aromatic heterocycles. The molecular weight excluding hydrogens is 1350 g/mol. The first-order chi connectivity index (χ1) is 47.2. The van der Waals surface area contributed by atoms with Crippen LogP contribution in [0.15, 0.2) is 0 Å². The highest BCUT2D eigenvalue weighted by Crippen LogP contribution is 2.31. The average molecular weight is 1450 g/mol. The van der Waals surface area contributed by atoms with Gasteiger partial charge in [-0.25, -0.2) is 4.79 Å². The number of aliphatic hydroxyl groups excluding tert-OH is 5. The minimum Gasteiger partial charge on any atom is -0.480 e. The SMILES string of the molecule is CC(=O)NC1C(OC2C(CO)OC(O)C(NC(C)=O)C2OC(C)C(=O)NC(C)C(=O)NC(CCC(=O)NC(CCCCNC(=O)CC(NC(=O)C(C)NC(=O)C(CCCCNC(=O)CC(N)C(=O)O)NC(=O)CCC(NC(=O)C(C)N)C(N)=O)C(N)=O)C(=O)O)C(N)=O)OC(CO)C(O)C1O. The molecule has 0 radical (unpaired) electrons. The predicted octanol–water partition coefficient (Wildman–Crippen LogP) is -12.1. The van der Waals surface area contributed by atoms with Crippen LogP contribution in [-0.4, -0.2) is 278 Å². The Bertz CT molecular complexity index is 2900. The molecule has 0 saturated carbocycles. The van der Waals surface area contributed by atoms with Crippen molar-refractivity contribution in [1.82, 2.24) is 58.5 Å². The highest BCUT2D eigenvalue weighted by atomic mass is 16.7. The maximum Gasteiger partial charge on any atom is 0.326 e. The topological polar surface area (TPSA) is 714 Å². The van der Waals surface area contributed by atoms with Gasteiger partial charge >= 0.3 is 11.9 Å². The van der Waals surface area contributed by atoms with Crippen LogP contribution < -0.4 is 87.2 Å². The van der Waals surface area contributed by atoms with Crippen molar-refractivity contribution in [3.05, 3.63) is 0 Å². The monoisotopic (exact) mass is 1450 g/mol. The summed E-state index contributed by atoms with van der Waals surface area (Å²) >= 11 is 0. The average Bonchev–Trinajstić information content (AvgIpc) is 0.776. The number of hydrogen-bond donors (Lipinski definition) is 23. The fraction of sp³-hybridized carbons (Fsp3) is 0.724. The number of ether oxygens (including phenoxy) is 4.